The van der Waals surface area contributed by atoms with Crippen molar-refractivity contribution < 1.29 is 4.74 Å². The van der Waals surface area contributed by atoms with E-state index in [9.17, 15) is 0 Å². The molecule has 1 N–H and O–H groups in total. The minimum Gasteiger partial charge on any atom is -0.379 e. The van der Waals surface area contributed by atoms with Gasteiger partial charge in [0.25, 0.3) is 0 Å². The highest BCUT2D eigenvalue weighted by molar-refractivity contribution is 5.80. The molecule has 0 atom stereocenters. The highest BCUT2D eigenvalue weighted by Gasteiger charge is 2.39. The molecule has 2 heterocycles. The second-order valence-corrected chi connectivity index (χ2v) is 7.42. The molecule has 132 valence electrons. The van der Waals surface area contributed by atoms with Gasteiger partial charge in [0.05, 0.1) is 19.8 Å². The SMILES string of the molecule is CCNC(=NCCN1CCOCC1)N1CCC2(CCCCC2)C1. The van der Waals surface area contributed by atoms with Gasteiger partial charge in [-0.15, -0.1) is 0 Å². The lowest BCUT2D eigenvalue weighted by molar-refractivity contribution is 0.0394. The summed E-state index contributed by atoms with van der Waals surface area (Å²) in [6, 6.07) is 0. The highest BCUT2D eigenvalue weighted by Crippen LogP contribution is 2.43. The van der Waals surface area contributed by atoms with Crippen molar-refractivity contribution in [1.29, 1.82) is 0 Å². The average molecular weight is 322 g/mol. The van der Waals surface area contributed by atoms with Crippen LogP contribution >= 0.6 is 0 Å². The molecule has 0 unspecified atom stereocenters. The fraction of sp³-hybridized carbons (Fsp3) is 0.944. The molecule has 5 heteroatoms. The van der Waals surface area contributed by atoms with E-state index in [4.69, 9.17) is 9.73 Å². The number of hydrogen-bond donors (Lipinski definition) is 1. The van der Waals surface area contributed by atoms with Gasteiger partial charge in [-0.05, 0) is 31.6 Å². The summed E-state index contributed by atoms with van der Waals surface area (Å²) in [6.07, 6.45) is 8.51. The smallest absolute Gasteiger partial charge is 0.193 e. The van der Waals surface area contributed by atoms with Crippen LogP contribution in [0, 0.1) is 5.41 Å². The number of nitrogens with one attached hydrogen (secondary N) is 1. The van der Waals surface area contributed by atoms with Crippen LogP contribution in [0.25, 0.3) is 0 Å². The Labute approximate surface area is 141 Å². The predicted molar refractivity (Wildman–Crippen MR) is 94.9 cm³/mol. The zero-order valence-corrected chi connectivity index (χ0v) is 14.9. The van der Waals surface area contributed by atoms with Crippen LogP contribution in [0.3, 0.4) is 0 Å². The van der Waals surface area contributed by atoms with Crippen molar-refractivity contribution >= 4 is 5.96 Å². The molecule has 1 saturated carbocycles. The first-order valence-electron chi connectivity index (χ1n) is 9.65. The third-order valence-electron chi connectivity index (χ3n) is 5.77. The second kappa shape index (κ2) is 8.34. The Balaban J connectivity index is 1.52. The lowest BCUT2D eigenvalue weighted by Gasteiger charge is -2.33. The molecule has 3 aliphatic rings. The van der Waals surface area contributed by atoms with Crippen molar-refractivity contribution in [3.63, 3.8) is 0 Å². The first-order chi connectivity index (χ1) is 11.3. The van der Waals surface area contributed by atoms with Crippen LogP contribution < -0.4 is 5.32 Å². The highest BCUT2D eigenvalue weighted by atomic mass is 16.5. The molecular formula is C18H34N4O. The average Bonchev–Trinajstić information content (AvgIpc) is 2.99. The van der Waals surface area contributed by atoms with E-state index in [0.29, 0.717) is 5.41 Å². The molecule has 3 rings (SSSR count). The molecule has 0 aromatic carbocycles. The van der Waals surface area contributed by atoms with Crippen molar-refractivity contribution in [3.8, 4) is 0 Å². The Hall–Kier alpha value is -0.810. The maximum atomic E-state index is 5.41. The van der Waals surface area contributed by atoms with Gasteiger partial charge in [-0.25, -0.2) is 0 Å². The molecule has 0 radical (unpaired) electrons. The Morgan fingerprint density at radius 1 is 1.09 bits per heavy atom. The zero-order valence-electron chi connectivity index (χ0n) is 14.9. The van der Waals surface area contributed by atoms with Gasteiger partial charge >= 0.3 is 0 Å². The fourth-order valence-corrected chi connectivity index (χ4v) is 4.37. The van der Waals surface area contributed by atoms with Crippen LogP contribution in [0.5, 0.6) is 0 Å². The number of aliphatic imine (C=N–C) groups is 1. The number of ether oxygens (including phenoxy) is 1. The number of morpholine rings is 1. The molecule has 0 aromatic rings. The van der Waals surface area contributed by atoms with Crippen LogP contribution in [0.15, 0.2) is 4.99 Å². The van der Waals surface area contributed by atoms with E-state index in [1.165, 1.54) is 51.6 Å². The zero-order chi connectivity index (χ0) is 16.0. The van der Waals surface area contributed by atoms with Gasteiger partial charge in [0.2, 0.25) is 0 Å². The summed E-state index contributed by atoms with van der Waals surface area (Å²) in [5.74, 6) is 1.14. The molecule has 0 aromatic heterocycles. The summed E-state index contributed by atoms with van der Waals surface area (Å²) in [7, 11) is 0. The van der Waals surface area contributed by atoms with E-state index in [-0.39, 0.29) is 0 Å². The van der Waals surface area contributed by atoms with Crippen LogP contribution in [-0.4, -0.2) is 74.8 Å². The number of hydrogen-bond acceptors (Lipinski definition) is 3. The Morgan fingerprint density at radius 2 is 1.87 bits per heavy atom. The predicted octanol–water partition coefficient (Wildman–Crippen LogP) is 1.94. The van der Waals surface area contributed by atoms with Crippen molar-refractivity contribution in [2.45, 2.75) is 45.4 Å². The molecule has 0 bridgehead atoms. The van der Waals surface area contributed by atoms with Gasteiger partial charge in [0, 0.05) is 39.3 Å². The molecule has 1 aliphatic carbocycles. The van der Waals surface area contributed by atoms with Crippen LogP contribution in [0.2, 0.25) is 0 Å². The molecule has 3 fully saturated rings. The van der Waals surface area contributed by atoms with E-state index in [2.05, 4.69) is 22.0 Å². The van der Waals surface area contributed by atoms with E-state index < -0.39 is 0 Å². The quantitative estimate of drug-likeness (QED) is 0.634. The molecule has 1 spiro atoms. The van der Waals surface area contributed by atoms with Crippen molar-refractivity contribution in [3.05, 3.63) is 0 Å². The van der Waals surface area contributed by atoms with Gasteiger partial charge < -0.3 is 15.0 Å². The van der Waals surface area contributed by atoms with Gasteiger partial charge in [-0.1, -0.05) is 19.3 Å². The summed E-state index contributed by atoms with van der Waals surface area (Å²) in [5, 5.41) is 3.52. The Bertz CT molecular complexity index is 386. The lowest BCUT2D eigenvalue weighted by atomic mass is 9.73. The maximum absolute atomic E-state index is 5.41. The number of guanidine groups is 1. The molecular weight excluding hydrogens is 288 g/mol. The molecule has 5 nitrogen and oxygen atoms in total. The van der Waals surface area contributed by atoms with Crippen LogP contribution in [0.4, 0.5) is 0 Å². The first kappa shape index (κ1) is 17.0. The molecule has 2 saturated heterocycles. The third-order valence-corrected chi connectivity index (χ3v) is 5.77. The van der Waals surface area contributed by atoms with E-state index in [1.54, 1.807) is 0 Å². The summed E-state index contributed by atoms with van der Waals surface area (Å²) in [4.78, 5) is 9.90. The summed E-state index contributed by atoms with van der Waals surface area (Å²) in [5.41, 5.74) is 0.596. The standard InChI is InChI=1S/C18H34N4O/c1-2-19-17(20-9-11-21-12-14-23-15-13-21)22-10-8-18(16-22)6-4-3-5-7-18/h2-16H2,1H3,(H,19,20). The van der Waals surface area contributed by atoms with E-state index in [0.717, 1.165) is 51.9 Å². The molecule has 23 heavy (non-hydrogen) atoms. The van der Waals surface area contributed by atoms with Gasteiger partial charge in [0.15, 0.2) is 5.96 Å². The number of rotatable bonds is 4. The molecule has 0 amide bonds. The third kappa shape index (κ3) is 4.60. The van der Waals surface area contributed by atoms with Crippen molar-refractivity contribution in [2.24, 2.45) is 10.4 Å². The largest absolute Gasteiger partial charge is 0.379 e. The minimum absolute atomic E-state index is 0.596. The van der Waals surface area contributed by atoms with Gasteiger partial charge in [-0.2, -0.15) is 0 Å². The van der Waals surface area contributed by atoms with E-state index >= 15 is 0 Å². The summed E-state index contributed by atoms with van der Waals surface area (Å²) >= 11 is 0. The second-order valence-electron chi connectivity index (χ2n) is 7.42. The van der Waals surface area contributed by atoms with E-state index in [1.807, 2.05) is 0 Å². The number of likely N-dealkylation sites (tertiary alicyclic amines) is 1. The molecule has 2 aliphatic heterocycles. The maximum Gasteiger partial charge on any atom is 0.193 e. The van der Waals surface area contributed by atoms with Gasteiger partial charge in [-0.3, -0.25) is 9.89 Å². The van der Waals surface area contributed by atoms with Crippen molar-refractivity contribution in [1.82, 2.24) is 15.1 Å². The Morgan fingerprint density at radius 3 is 2.61 bits per heavy atom. The van der Waals surface area contributed by atoms with Crippen molar-refractivity contribution in [2.75, 3.05) is 59.0 Å². The fourth-order valence-electron chi connectivity index (χ4n) is 4.37. The summed E-state index contributed by atoms with van der Waals surface area (Å²) < 4.78 is 5.41. The number of nitrogens with zero attached hydrogens (tertiary/aromatic N) is 3. The Kier molecular flexibility index (Phi) is 6.17. The topological polar surface area (TPSA) is 40.1 Å². The van der Waals surface area contributed by atoms with Gasteiger partial charge in [0.1, 0.15) is 0 Å². The summed E-state index contributed by atoms with van der Waals surface area (Å²) in [6.45, 7) is 11.3. The van der Waals surface area contributed by atoms with Crippen LogP contribution in [-0.2, 0) is 4.74 Å². The first-order valence-corrected chi connectivity index (χ1v) is 9.65. The van der Waals surface area contributed by atoms with Crippen LogP contribution in [0.1, 0.15) is 45.4 Å². The lowest BCUT2D eigenvalue weighted by Crippen LogP contribution is -2.42. The monoisotopic (exact) mass is 322 g/mol. The normalized spacial score (nSPS) is 26.0. The minimum atomic E-state index is 0.596.